The van der Waals surface area contributed by atoms with E-state index < -0.39 is 18.5 Å². The van der Waals surface area contributed by atoms with E-state index in [2.05, 4.69) is 28.7 Å². The summed E-state index contributed by atoms with van der Waals surface area (Å²) < 4.78 is 19.3. The molecule has 2 aliphatic rings. The van der Waals surface area contributed by atoms with Crippen molar-refractivity contribution in [1.29, 1.82) is 0 Å². The lowest BCUT2D eigenvalue weighted by Gasteiger charge is -2.44. The van der Waals surface area contributed by atoms with Crippen LogP contribution in [0.1, 0.15) is 73.1 Å². The second-order valence-electron chi connectivity index (χ2n) is 11.9. The number of rotatable bonds is 7. The number of cyclic esters (lactones) is 1. The molecule has 0 aromatic carbocycles. The highest BCUT2D eigenvalue weighted by molar-refractivity contribution is 14.1. The molecular formula is C31H50INO7. The fourth-order valence-corrected chi connectivity index (χ4v) is 6.63. The van der Waals surface area contributed by atoms with Gasteiger partial charge in [0.15, 0.2) is 12.1 Å². The summed E-state index contributed by atoms with van der Waals surface area (Å²) in [4.78, 5) is 39.9. The molecule has 9 heteroatoms. The highest BCUT2D eigenvalue weighted by Crippen LogP contribution is 2.34. The van der Waals surface area contributed by atoms with E-state index in [0.29, 0.717) is 25.7 Å². The van der Waals surface area contributed by atoms with Gasteiger partial charge < -0.3 is 29.0 Å². The van der Waals surface area contributed by atoms with Crippen LogP contribution in [0.2, 0.25) is 0 Å². The first-order valence-corrected chi connectivity index (χ1v) is 16.2. The number of halogens is 1. The van der Waals surface area contributed by atoms with Crippen LogP contribution >= 0.6 is 22.6 Å². The zero-order valence-electron chi connectivity index (χ0n) is 25.3. The molecular weight excluding hydrogens is 625 g/mol. The molecule has 0 aromatic rings. The van der Waals surface area contributed by atoms with E-state index in [-0.39, 0.29) is 66.5 Å². The molecule has 228 valence electrons. The largest absolute Gasteiger partial charge is 0.462 e. The van der Waals surface area contributed by atoms with Gasteiger partial charge in [-0.1, -0.05) is 61.1 Å². The lowest BCUT2D eigenvalue weighted by molar-refractivity contribution is -0.280. The van der Waals surface area contributed by atoms with Crippen LogP contribution in [0.15, 0.2) is 23.8 Å². The summed E-state index contributed by atoms with van der Waals surface area (Å²) in [6, 6.07) is -0.145. The molecule has 0 aliphatic carbocycles. The summed E-state index contributed by atoms with van der Waals surface area (Å²) in [7, 11) is 3.84. The van der Waals surface area contributed by atoms with Crippen molar-refractivity contribution in [3.63, 3.8) is 0 Å². The van der Waals surface area contributed by atoms with Crippen molar-refractivity contribution in [1.82, 2.24) is 4.90 Å². The van der Waals surface area contributed by atoms with Crippen LogP contribution in [0.5, 0.6) is 0 Å². The number of aliphatic hydroxyl groups excluding tert-OH is 1. The van der Waals surface area contributed by atoms with E-state index in [1.165, 1.54) is 0 Å². The Hall–Kier alpha value is -1.14. The van der Waals surface area contributed by atoms with Crippen LogP contribution in [-0.4, -0.2) is 83.3 Å². The lowest BCUT2D eigenvalue weighted by atomic mass is 9.80. The highest BCUT2D eigenvalue weighted by atomic mass is 127. The number of hydrogen-bond acceptors (Lipinski definition) is 8. The van der Waals surface area contributed by atoms with Gasteiger partial charge in [-0.15, -0.1) is 0 Å². The highest BCUT2D eigenvalue weighted by Gasteiger charge is 2.41. The minimum Gasteiger partial charge on any atom is -0.462 e. The number of nitrogens with zero attached hydrogens (tertiary/aromatic N) is 1. The number of alkyl halides is 1. The van der Waals surface area contributed by atoms with E-state index in [9.17, 15) is 19.5 Å². The summed E-state index contributed by atoms with van der Waals surface area (Å²) in [5.41, 5.74) is 0.941. The van der Waals surface area contributed by atoms with Crippen LogP contribution < -0.4 is 0 Å². The van der Waals surface area contributed by atoms with Gasteiger partial charge in [0.05, 0.1) is 12.2 Å². The average molecular weight is 676 g/mol. The lowest BCUT2D eigenvalue weighted by Crippen LogP contribution is -2.55. The number of aldehydes is 1. The summed E-state index contributed by atoms with van der Waals surface area (Å²) in [6.07, 6.45) is 6.39. The maximum absolute atomic E-state index is 13.1. The predicted molar refractivity (Wildman–Crippen MR) is 164 cm³/mol. The van der Waals surface area contributed by atoms with Crippen molar-refractivity contribution in [2.75, 3.05) is 18.5 Å². The molecule has 0 aromatic heterocycles. The summed E-state index contributed by atoms with van der Waals surface area (Å²) in [6.45, 7) is 9.78. The first-order chi connectivity index (χ1) is 18.9. The van der Waals surface area contributed by atoms with Crippen molar-refractivity contribution in [3.05, 3.63) is 23.8 Å². The molecule has 8 nitrogen and oxygen atoms in total. The van der Waals surface area contributed by atoms with Crippen LogP contribution in [0.25, 0.3) is 0 Å². The molecule has 1 fully saturated rings. The van der Waals surface area contributed by atoms with E-state index in [4.69, 9.17) is 14.2 Å². The standard InChI is InChI=1S/C31H50INO7/c1-8-27-24(18-32)15-19(2)9-11-26(35)21(4)16-23(13-14-34)30(20(3)10-12-28(36)39-27)40-31-29(37)25(33(6)7)17-22(5)38-31/h9,11,14-15,20-25,27,29-31,37H,8,10,12-13,16-18H2,1-7H3/t20-,21+,22?,23-,24+,25?,27+,29?,30+,31?/m0/s1. The van der Waals surface area contributed by atoms with Gasteiger partial charge in [-0.2, -0.15) is 0 Å². The zero-order valence-corrected chi connectivity index (χ0v) is 27.4. The summed E-state index contributed by atoms with van der Waals surface area (Å²) >= 11 is 2.31. The van der Waals surface area contributed by atoms with Gasteiger partial charge in [-0.05, 0) is 71.5 Å². The Kier molecular flexibility index (Phi) is 15.0. The van der Waals surface area contributed by atoms with Gasteiger partial charge in [0.2, 0.25) is 0 Å². The minimum atomic E-state index is -0.886. The second kappa shape index (κ2) is 17.1. The van der Waals surface area contributed by atoms with E-state index >= 15 is 0 Å². The Morgan fingerprint density at radius 2 is 1.88 bits per heavy atom. The molecule has 0 radical (unpaired) electrons. The van der Waals surface area contributed by atoms with Gasteiger partial charge in [0.1, 0.15) is 18.5 Å². The van der Waals surface area contributed by atoms with Crippen LogP contribution in [-0.2, 0) is 28.6 Å². The monoisotopic (exact) mass is 675 g/mol. The smallest absolute Gasteiger partial charge is 0.306 e. The number of esters is 1. The third kappa shape index (κ3) is 10.3. The minimum absolute atomic E-state index is 0.0121. The second-order valence-corrected chi connectivity index (χ2v) is 12.8. The van der Waals surface area contributed by atoms with Crippen molar-refractivity contribution < 1.29 is 33.7 Å². The maximum Gasteiger partial charge on any atom is 0.306 e. The summed E-state index contributed by atoms with van der Waals surface area (Å²) in [5, 5.41) is 11.1. The molecule has 1 N–H and O–H groups in total. The zero-order chi connectivity index (χ0) is 30.0. The third-order valence-corrected chi connectivity index (χ3v) is 9.28. The molecule has 2 heterocycles. The molecule has 40 heavy (non-hydrogen) atoms. The van der Waals surface area contributed by atoms with E-state index in [1.807, 2.05) is 59.7 Å². The number of carbonyl (C=O) groups excluding carboxylic acids is 3. The average Bonchev–Trinajstić information content (AvgIpc) is 2.91. The van der Waals surface area contributed by atoms with Crippen molar-refractivity contribution in [2.45, 2.75) is 110 Å². The number of aliphatic hydroxyl groups is 1. The van der Waals surface area contributed by atoms with Gasteiger partial charge in [-0.25, -0.2) is 0 Å². The van der Waals surface area contributed by atoms with Crippen molar-refractivity contribution in [2.24, 2.45) is 23.7 Å². The number of allylic oxidation sites excluding steroid dienone is 3. The Morgan fingerprint density at radius 1 is 1.18 bits per heavy atom. The Labute approximate surface area is 254 Å². The van der Waals surface area contributed by atoms with Crippen molar-refractivity contribution in [3.8, 4) is 0 Å². The van der Waals surface area contributed by atoms with Gasteiger partial charge >= 0.3 is 5.97 Å². The van der Waals surface area contributed by atoms with Crippen LogP contribution in [0, 0.1) is 23.7 Å². The molecule has 0 bridgehead atoms. The molecule has 4 unspecified atom stereocenters. The van der Waals surface area contributed by atoms with Crippen LogP contribution in [0.4, 0.5) is 0 Å². The normalized spacial score (nSPS) is 37.2. The molecule has 0 spiro atoms. The molecule has 2 aliphatic heterocycles. The maximum atomic E-state index is 13.1. The molecule has 0 amide bonds. The topological polar surface area (TPSA) is 102 Å². The molecule has 0 saturated carbocycles. The van der Waals surface area contributed by atoms with E-state index in [1.54, 1.807) is 6.08 Å². The Bertz CT molecular complexity index is 891. The number of hydrogen-bond donors (Lipinski definition) is 1. The van der Waals surface area contributed by atoms with Crippen molar-refractivity contribution >= 4 is 40.6 Å². The van der Waals surface area contributed by atoms with Crippen LogP contribution in [0.3, 0.4) is 0 Å². The third-order valence-electron chi connectivity index (χ3n) is 8.27. The molecule has 1 saturated heterocycles. The number of ketones is 1. The first kappa shape index (κ1) is 35.1. The Morgan fingerprint density at radius 3 is 2.48 bits per heavy atom. The predicted octanol–water partition coefficient (Wildman–Crippen LogP) is 4.90. The number of likely N-dealkylation sites (N-methyl/N-ethyl adjacent to an activating group) is 1. The van der Waals surface area contributed by atoms with Gasteiger partial charge in [0, 0.05) is 35.1 Å². The molecule has 2 rings (SSSR count). The van der Waals surface area contributed by atoms with Gasteiger partial charge in [-0.3, -0.25) is 9.59 Å². The first-order valence-electron chi connectivity index (χ1n) is 14.7. The Balaban J connectivity index is 2.43. The number of ether oxygens (including phenoxy) is 3. The van der Waals surface area contributed by atoms with Gasteiger partial charge in [0.25, 0.3) is 0 Å². The quantitative estimate of drug-likeness (QED) is 0.176. The molecule has 10 atom stereocenters. The fourth-order valence-electron chi connectivity index (χ4n) is 5.81. The number of carbonyl (C=O) groups is 3. The van der Waals surface area contributed by atoms with E-state index in [0.717, 1.165) is 16.3 Å². The summed E-state index contributed by atoms with van der Waals surface area (Å²) in [5.74, 6) is -1.01. The SMILES string of the molecule is CC[C@H]1OC(=O)CC[C@H](C)[C@@H](OC2OC(C)CC(N(C)C)C2O)[C@@H](CC=O)C[C@@H](C)C(=O)C=CC(C)=C[C@@H]1CI. The fraction of sp³-hybridized carbons (Fsp3) is 0.774.